The molecule has 0 spiro atoms. The molecule has 1 N–H and O–H groups in total. The van der Waals surface area contributed by atoms with Gasteiger partial charge >= 0.3 is 0 Å². The zero-order valence-electron chi connectivity index (χ0n) is 8.64. The molecule has 0 radical (unpaired) electrons. The lowest BCUT2D eigenvalue weighted by Gasteiger charge is -2.17. The van der Waals surface area contributed by atoms with Gasteiger partial charge in [0.2, 0.25) is 5.91 Å². The molecule has 0 aromatic heterocycles. The van der Waals surface area contributed by atoms with Gasteiger partial charge in [-0.05, 0) is 25.7 Å². The number of nitriles is 1. The van der Waals surface area contributed by atoms with Gasteiger partial charge in [0, 0.05) is 5.92 Å². The van der Waals surface area contributed by atoms with Crippen LogP contribution >= 0.6 is 0 Å². The van der Waals surface area contributed by atoms with Gasteiger partial charge in [-0.25, -0.2) is 0 Å². The van der Waals surface area contributed by atoms with Crippen LogP contribution in [0.25, 0.3) is 0 Å². The average Bonchev–Trinajstić information content (AvgIpc) is 2.59. The molecule has 72 valence electrons. The van der Waals surface area contributed by atoms with E-state index in [9.17, 15) is 4.79 Å². The number of hydrogen-bond donors (Lipinski definition) is 1. The monoisotopic (exact) mass is 180 g/mol. The minimum Gasteiger partial charge on any atom is -0.338 e. The molecule has 1 aliphatic rings. The summed E-state index contributed by atoms with van der Waals surface area (Å²) in [7, 11) is 0. The van der Waals surface area contributed by atoms with E-state index in [1.54, 1.807) is 13.8 Å². The van der Waals surface area contributed by atoms with Crippen LogP contribution < -0.4 is 5.32 Å². The third kappa shape index (κ3) is 2.21. The minimum absolute atomic E-state index is 0.0107. The Morgan fingerprint density at radius 2 is 2.08 bits per heavy atom. The summed E-state index contributed by atoms with van der Waals surface area (Å²) < 4.78 is 0. The van der Waals surface area contributed by atoms with Gasteiger partial charge in [0.1, 0.15) is 5.54 Å². The lowest BCUT2D eigenvalue weighted by Crippen LogP contribution is -2.43. The highest BCUT2D eigenvalue weighted by atomic mass is 16.2. The van der Waals surface area contributed by atoms with Crippen molar-refractivity contribution in [3.05, 3.63) is 0 Å². The Balaban J connectivity index is 2.50. The van der Waals surface area contributed by atoms with Crippen molar-refractivity contribution in [1.29, 1.82) is 5.26 Å². The first-order valence-corrected chi connectivity index (χ1v) is 4.52. The summed E-state index contributed by atoms with van der Waals surface area (Å²) in [5.74, 6) is 0.108. The van der Waals surface area contributed by atoms with Crippen LogP contribution in [0, 0.1) is 22.7 Å². The summed E-state index contributed by atoms with van der Waals surface area (Å²) in [4.78, 5) is 11.5. The molecule has 3 nitrogen and oxygen atoms in total. The van der Waals surface area contributed by atoms with Crippen LogP contribution in [0.4, 0.5) is 0 Å². The molecule has 1 atom stereocenters. The molecule has 1 fully saturated rings. The normalized spacial score (nSPS) is 24.7. The fourth-order valence-corrected chi connectivity index (χ4v) is 1.34. The van der Waals surface area contributed by atoms with E-state index in [-0.39, 0.29) is 17.2 Å². The maximum absolute atomic E-state index is 11.5. The Morgan fingerprint density at radius 3 is 2.38 bits per heavy atom. The second-order valence-electron chi connectivity index (χ2n) is 4.97. The molecule has 3 heteroatoms. The molecule has 0 aromatic rings. The lowest BCUT2D eigenvalue weighted by molar-refractivity contribution is -0.124. The van der Waals surface area contributed by atoms with Crippen LogP contribution in [-0.4, -0.2) is 11.4 Å². The molecule has 0 aliphatic heterocycles. The Bertz CT molecular complexity index is 273. The molecule has 1 amide bonds. The van der Waals surface area contributed by atoms with E-state index in [2.05, 4.69) is 25.2 Å². The SMILES string of the molecule is CC(C)(C#N)NC(=O)C1CC1(C)C. The molecule has 13 heavy (non-hydrogen) atoms. The van der Waals surface area contributed by atoms with Gasteiger partial charge in [0.25, 0.3) is 0 Å². The highest BCUT2D eigenvalue weighted by molar-refractivity contribution is 5.83. The standard InChI is InChI=1S/C10H16N2O/c1-9(2)5-7(9)8(13)12-10(3,4)6-11/h7H,5H2,1-4H3,(H,12,13). The van der Waals surface area contributed by atoms with Crippen LogP contribution in [0.1, 0.15) is 34.1 Å². The number of rotatable bonds is 2. The van der Waals surface area contributed by atoms with E-state index >= 15 is 0 Å². The van der Waals surface area contributed by atoms with Gasteiger partial charge in [-0.2, -0.15) is 5.26 Å². The van der Waals surface area contributed by atoms with Gasteiger partial charge < -0.3 is 5.32 Å². The number of nitrogens with zero attached hydrogens (tertiary/aromatic N) is 1. The minimum atomic E-state index is -0.740. The molecule has 1 rings (SSSR count). The van der Waals surface area contributed by atoms with Crippen molar-refractivity contribution in [2.45, 2.75) is 39.7 Å². The van der Waals surface area contributed by atoms with Gasteiger partial charge in [-0.1, -0.05) is 13.8 Å². The molecule has 0 heterocycles. The quantitative estimate of drug-likeness (QED) is 0.699. The molecule has 0 aromatic carbocycles. The highest BCUT2D eigenvalue weighted by Crippen LogP contribution is 2.51. The molecule has 0 saturated heterocycles. The highest BCUT2D eigenvalue weighted by Gasteiger charge is 2.51. The number of amides is 1. The van der Waals surface area contributed by atoms with Gasteiger partial charge in [0.15, 0.2) is 0 Å². The van der Waals surface area contributed by atoms with Crippen molar-refractivity contribution >= 4 is 5.91 Å². The van der Waals surface area contributed by atoms with Crippen molar-refractivity contribution in [1.82, 2.24) is 5.32 Å². The molecular formula is C10H16N2O. The number of hydrogen-bond acceptors (Lipinski definition) is 2. The number of nitrogens with one attached hydrogen (secondary N) is 1. The second-order valence-corrected chi connectivity index (χ2v) is 4.97. The Labute approximate surface area is 79.1 Å². The second kappa shape index (κ2) is 2.73. The summed E-state index contributed by atoms with van der Waals surface area (Å²) in [5.41, 5.74) is -0.606. The van der Waals surface area contributed by atoms with Gasteiger partial charge in [-0.3, -0.25) is 4.79 Å². The van der Waals surface area contributed by atoms with Crippen molar-refractivity contribution < 1.29 is 4.79 Å². The first-order valence-electron chi connectivity index (χ1n) is 4.52. The zero-order chi connectivity index (χ0) is 10.3. The largest absolute Gasteiger partial charge is 0.338 e. The van der Waals surface area contributed by atoms with Crippen molar-refractivity contribution in [2.75, 3.05) is 0 Å². The maximum Gasteiger partial charge on any atom is 0.224 e. The summed E-state index contributed by atoms with van der Waals surface area (Å²) >= 11 is 0. The average molecular weight is 180 g/mol. The Morgan fingerprint density at radius 1 is 1.62 bits per heavy atom. The van der Waals surface area contributed by atoms with Crippen LogP contribution in [0.5, 0.6) is 0 Å². The topological polar surface area (TPSA) is 52.9 Å². The van der Waals surface area contributed by atoms with E-state index < -0.39 is 5.54 Å². The number of carbonyl (C=O) groups excluding carboxylic acids is 1. The predicted octanol–water partition coefficient (Wildman–Crippen LogP) is 1.45. The summed E-state index contributed by atoms with van der Waals surface area (Å²) in [6.45, 7) is 7.55. The van der Waals surface area contributed by atoms with E-state index in [1.807, 2.05) is 0 Å². The summed E-state index contributed by atoms with van der Waals surface area (Å²) in [6.07, 6.45) is 0.931. The van der Waals surface area contributed by atoms with Crippen molar-refractivity contribution in [2.24, 2.45) is 11.3 Å². The predicted molar refractivity (Wildman–Crippen MR) is 49.7 cm³/mol. The molecule has 0 bridgehead atoms. The van der Waals surface area contributed by atoms with Crippen LogP contribution in [0.15, 0.2) is 0 Å². The van der Waals surface area contributed by atoms with E-state index in [1.165, 1.54) is 0 Å². The zero-order valence-corrected chi connectivity index (χ0v) is 8.64. The molecular weight excluding hydrogens is 164 g/mol. The van der Waals surface area contributed by atoms with Gasteiger partial charge in [0.05, 0.1) is 6.07 Å². The molecule has 1 unspecified atom stereocenters. The van der Waals surface area contributed by atoms with Crippen LogP contribution in [0.2, 0.25) is 0 Å². The lowest BCUT2D eigenvalue weighted by atomic mass is 10.1. The maximum atomic E-state index is 11.5. The van der Waals surface area contributed by atoms with Crippen molar-refractivity contribution in [3.63, 3.8) is 0 Å². The van der Waals surface area contributed by atoms with Gasteiger partial charge in [-0.15, -0.1) is 0 Å². The van der Waals surface area contributed by atoms with E-state index in [0.29, 0.717) is 0 Å². The Hall–Kier alpha value is -1.04. The van der Waals surface area contributed by atoms with Crippen LogP contribution in [0.3, 0.4) is 0 Å². The number of carbonyl (C=O) groups is 1. The van der Waals surface area contributed by atoms with Crippen LogP contribution in [-0.2, 0) is 4.79 Å². The third-order valence-electron chi connectivity index (χ3n) is 2.55. The first kappa shape index (κ1) is 10.0. The summed E-state index contributed by atoms with van der Waals surface area (Å²) in [5, 5.41) is 11.4. The van der Waals surface area contributed by atoms with Crippen molar-refractivity contribution in [3.8, 4) is 6.07 Å². The smallest absolute Gasteiger partial charge is 0.224 e. The Kier molecular flexibility index (Phi) is 2.11. The summed E-state index contributed by atoms with van der Waals surface area (Å²) in [6, 6.07) is 2.05. The molecule has 1 saturated carbocycles. The molecule has 1 aliphatic carbocycles. The van der Waals surface area contributed by atoms with E-state index in [4.69, 9.17) is 5.26 Å². The first-order chi connectivity index (χ1) is 5.78. The fraction of sp³-hybridized carbons (Fsp3) is 0.800. The fourth-order valence-electron chi connectivity index (χ4n) is 1.34. The van der Waals surface area contributed by atoms with E-state index in [0.717, 1.165) is 6.42 Å². The third-order valence-corrected chi connectivity index (χ3v) is 2.55.